The topological polar surface area (TPSA) is 38.5 Å². The molecular formula is C16H20N2O. The first kappa shape index (κ1) is 13.3. The third-order valence-electron chi connectivity index (χ3n) is 2.87. The minimum atomic E-state index is 0.154. The standard InChI is InChI=1S/C16H20N2O/c1-12(2)19-16-7-5-4-6-15(16)18(3)14-10-8-13(17)9-11-14/h4-12H,17H2,1-3H3. The maximum absolute atomic E-state index is 5.85. The fraction of sp³-hybridized carbons (Fsp3) is 0.250. The molecule has 0 atom stereocenters. The Morgan fingerprint density at radius 2 is 1.63 bits per heavy atom. The van der Waals surface area contributed by atoms with Crippen LogP contribution in [0.1, 0.15) is 13.8 Å². The van der Waals surface area contributed by atoms with Crippen molar-refractivity contribution in [2.24, 2.45) is 0 Å². The number of nitrogens with two attached hydrogens (primary N) is 1. The Balaban J connectivity index is 2.32. The highest BCUT2D eigenvalue weighted by atomic mass is 16.5. The van der Waals surface area contributed by atoms with E-state index in [-0.39, 0.29) is 6.10 Å². The van der Waals surface area contributed by atoms with Crippen LogP contribution in [0.3, 0.4) is 0 Å². The number of ether oxygens (including phenoxy) is 1. The van der Waals surface area contributed by atoms with Gasteiger partial charge < -0.3 is 15.4 Å². The molecule has 0 saturated carbocycles. The molecule has 2 aromatic carbocycles. The largest absolute Gasteiger partial charge is 0.489 e. The highest BCUT2D eigenvalue weighted by Crippen LogP contribution is 2.33. The molecule has 0 saturated heterocycles. The molecule has 0 heterocycles. The summed E-state index contributed by atoms with van der Waals surface area (Å²) in [6.45, 7) is 4.06. The van der Waals surface area contributed by atoms with Gasteiger partial charge in [0, 0.05) is 18.4 Å². The van der Waals surface area contributed by atoms with Gasteiger partial charge in [0.2, 0.25) is 0 Å². The maximum Gasteiger partial charge on any atom is 0.143 e. The Kier molecular flexibility index (Phi) is 3.95. The molecule has 0 spiro atoms. The van der Waals surface area contributed by atoms with E-state index in [1.165, 1.54) is 0 Å². The summed E-state index contributed by atoms with van der Waals surface area (Å²) in [5.74, 6) is 0.886. The van der Waals surface area contributed by atoms with Gasteiger partial charge in [-0.05, 0) is 50.2 Å². The molecule has 0 aliphatic heterocycles. The lowest BCUT2D eigenvalue weighted by Crippen LogP contribution is -2.13. The lowest BCUT2D eigenvalue weighted by atomic mass is 10.2. The Bertz CT molecular complexity index is 535. The van der Waals surface area contributed by atoms with E-state index in [0.717, 1.165) is 22.8 Å². The zero-order valence-corrected chi connectivity index (χ0v) is 11.6. The summed E-state index contributed by atoms with van der Waals surface area (Å²) in [5.41, 5.74) is 8.61. The number of nitrogens with zero attached hydrogens (tertiary/aromatic N) is 1. The predicted molar refractivity (Wildman–Crippen MR) is 81.1 cm³/mol. The molecule has 2 N–H and O–H groups in total. The van der Waals surface area contributed by atoms with Crippen LogP contribution in [-0.4, -0.2) is 13.2 Å². The molecule has 0 aliphatic rings. The Hall–Kier alpha value is -2.16. The number of para-hydroxylation sites is 2. The van der Waals surface area contributed by atoms with Gasteiger partial charge in [0.25, 0.3) is 0 Å². The summed E-state index contributed by atoms with van der Waals surface area (Å²) in [4.78, 5) is 2.09. The minimum absolute atomic E-state index is 0.154. The van der Waals surface area contributed by atoms with Crippen LogP contribution in [0.2, 0.25) is 0 Å². The Morgan fingerprint density at radius 1 is 1.00 bits per heavy atom. The smallest absolute Gasteiger partial charge is 0.143 e. The molecule has 0 amide bonds. The zero-order chi connectivity index (χ0) is 13.8. The van der Waals surface area contributed by atoms with Crippen molar-refractivity contribution >= 4 is 17.1 Å². The van der Waals surface area contributed by atoms with Crippen molar-refractivity contribution in [2.45, 2.75) is 20.0 Å². The molecule has 2 aromatic rings. The number of rotatable bonds is 4. The Labute approximate surface area is 114 Å². The van der Waals surface area contributed by atoms with Gasteiger partial charge in [-0.2, -0.15) is 0 Å². The summed E-state index contributed by atoms with van der Waals surface area (Å²) in [7, 11) is 2.02. The highest BCUT2D eigenvalue weighted by Gasteiger charge is 2.10. The van der Waals surface area contributed by atoms with Crippen molar-refractivity contribution in [3.8, 4) is 5.75 Å². The molecule has 0 aliphatic carbocycles. The van der Waals surface area contributed by atoms with Crippen molar-refractivity contribution in [1.29, 1.82) is 0 Å². The van der Waals surface area contributed by atoms with E-state index in [0.29, 0.717) is 0 Å². The van der Waals surface area contributed by atoms with E-state index >= 15 is 0 Å². The minimum Gasteiger partial charge on any atom is -0.489 e. The molecule has 100 valence electrons. The van der Waals surface area contributed by atoms with Crippen LogP contribution in [0, 0.1) is 0 Å². The second kappa shape index (κ2) is 5.65. The van der Waals surface area contributed by atoms with Crippen molar-refractivity contribution in [2.75, 3.05) is 17.7 Å². The second-order valence-electron chi connectivity index (χ2n) is 4.78. The van der Waals surface area contributed by atoms with Gasteiger partial charge in [0.1, 0.15) is 5.75 Å². The van der Waals surface area contributed by atoms with E-state index in [4.69, 9.17) is 10.5 Å². The van der Waals surface area contributed by atoms with Gasteiger partial charge in [0.05, 0.1) is 11.8 Å². The summed E-state index contributed by atoms with van der Waals surface area (Å²) in [6.07, 6.45) is 0.154. The SMILES string of the molecule is CC(C)Oc1ccccc1N(C)c1ccc(N)cc1. The molecule has 0 radical (unpaired) electrons. The molecule has 3 heteroatoms. The van der Waals surface area contributed by atoms with Crippen molar-refractivity contribution in [3.05, 3.63) is 48.5 Å². The average molecular weight is 256 g/mol. The summed E-state index contributed by atoms with van der Waals surface area (Å²) in [5, 5.41) is 0. The van der Waals surface area contributed by atoms with E-state index in [1.807, 2.05) is 69.4 Å². The van der Waals surface area contributed by atoms with Gasteiger partial charge in [-0.1, -0.05) is 12.1 Å². The maximum atomic E-state index is 5.85. The number of nitrogen functional groups attached to an aromatic ring is 1. The van der Waals surface area contributed by atoms with Gasteiger partial charge in [-0.25, -0.2) is 0 Å². The van der Waals surface area contributed by atoms with E-state index in [2.05, 4.69) is 4.90 Å². The molecule has 3 nitrogen and oxygen atoms in total. The summed E-state index contributed by atoms with van der Waals surface area (Å²) < 4.78 is 5.85. The first-order chi connectivity index (χ1) is 9.08. The molecule has 0 bridgehead atoms. The normalized spacial score (nSPS) is 10.5. The van der Waals surface area contributed by atoms with Gasteiger partial charge in [0.15, 0.2) is 0 Å². The molecular weight excluding hydrogens is 236 g/mol. The van der Waals surface area contributed by atoms with Crippen LogP contribution in [-0.2, 0) is 0 Å². The van der Waals surface area contributed by atoms with Crippen LogP contribution < -0.4 is 15.4 Å². The van der Waals surface area contributed by atoms with Gasteiger partial charge >= 0.3 is 0 Å². The van der Waals surface area contributed by atoms with Crippen molar-refractivity contribution < 1.29 is 4.74 Å². The van der Waals surface area contributed by atoms with Crippen LogP contribution in [0.25, 0.3) is 0 Å². The molecule has 2 rings (SSSR count). The monoisotopic (exact) mass is 256 g/mol. The van der Waals surface area contributed by atoms with E-state index in [9.17, 15) is 0 Å². The Morgan fingerprint density at radius 3 is 2.26 bits per heavy atom. The molecule has 0 aromatic heterocycles. The summed E-state index contributed by atoms with van der Waals surface area (Å²) in [6, 6.07) is 15.8. The van der Waals surface area contributed by atoms with Crippen LogP contribution in [0.4, 0.5) is 17.1 Å². The number of hydrogen-bond acceptors (Lipinski definition) is 3. The fourth-order valence-corrected chi connectivity index (χ4v) is 1.92. The van der Waals surface area contributed by atoms with E-state index < -0.39 is 0 Å². The van der Waals surface area contributed by atoms with Crippen LogP contribution in [0.15, 0.2) is 48.5 Å². The number of hydrogen-bond donors (Lipinski definition) is 1. The third-order valence-corrected chi connectivity index (χ3v) is 2.87. The molecule has 0 unspecified atom stereocenters. The van der Waals surface area contributed by atoms with Gasteiger partial charge in [-0.15, -0.1) is 0 Å². The molecule has 0 fully saturated rings. The highest BCUT2D eigenvalue weighted by molar-refractivity contribution is 5.69. The predicted octanol–water partition coefficient (Wildman–Crippen LogP) is 3.82. The van der Waals surface area contributed by atoms with Crippen LogP contribution >= 0.6 is 0 Å². The quantitative estimate of drug-likeness (QED) is 0.845. The second-order valence-corrected chi connectivity index (χ2v) is 4.78. The average Bonchev–Trinajstić information content (AvgIpc) is 2.39. The first-order valence-electron chi connectivity index (χ1n) is 6.43. The van der Waals surface area contributed by atoms with Gasteiger partial charge in [-0.3, -0.25) is 0 Å². The third kappa shape index (κ3) is 3.19. The fourth-order valence-electron chi connectivity index (χ4n) is 1.92. The summed E-state index contributed by atoms with van der Waals surface area (Å²) >= 11 is 0. The van der Waals surface area contributed by atoms with Crippen molar-refractivity contribution in [3.63, 3.8) is 0 Å². The van der Waals surface area contributed by atoms with E-state index in [1.54, 1.807) is 0 Å². The first-order valence-corrected chi connectivity index (χ1v) is 6.43. The molecule has 19 heavy (non-hydrogen) atoms. The van der Waals surface area contributed by atoms with Crippen molar-refractivity contribution in [1.82, 2.24) is 0 Å². The number of benzene rings is 2. The number of anilines is 3. The van der Waals surface area contributed by atoms with Crippen LogP contribution in [0.5, 0.6) is 5.75 Å². The lowest BCUT2D eigenvalue weighted by Gasteiger charge is -2.23. The zero-order valence-electron chi connectivity index (χ0n) is 11.6. The lowest BCUT2D eigenvalue weighted by molar-refractivity contribution is 0.243.